The van der Waals surface area contributed by atoms with Crippen LogP contribution < -0.4 is 15.2 Å². The molecule has 2 rings (SSSR count). The molecule has 0 spiro atoms. The number of halogens is 3. The third-order valence-corrected chi connectivity index (χ3v) is 2.82. The molecule has 4 nitrogen and oxygen atoms in total. The van der Waals surface area contributed by atoms with E-state index in [-0.39, 0.29) is 23.9 Å². The molecule has 1 aliphatic rings. The van der Waals surface area contributed by atoms with Gasteiger partial charge in [0.15, 0.2) is 11.5 Å². The monoisotopic (exact) mass is 295 g/mol. The number of hydrogen-bond donors (Lipinski definition) is 2. The Hall–Kier alpha value is -1.11. The maximum absolute atomic E-state index is 13.0. The molecular weight excluding hydrogens is 280 g/mol. The molecule has 108 valence electrons. The lowest BCUT2D eigenvalue weighted by atomic mass is 9.98. The van der Waals surface area contributed by atoms with Crippen LogP contribution in [0.2, 0.25) is 0 Å². The minimum absolute atomic E-state index is 0. The lowest BCUT2D eigenvalue weighted by Gasteiger charge is -2.19. The highest BCUT2D eigenvalue weighted by molar-refractivity contribution is 5.85. The molecule has 3 N–H and O–H groups in total. The minimum Gasteiger partial charge on any atom is -0.395 e. The third-order valence-electron chi connectivity index (χ3n) is 2.82. The summed E-state index contributed by atoms with van der Waals surface area (Å²) in [4.78, 5) is 0. The van der Waals surface area contributed by atoms with Crippen LogP contribution in [-0.4, -0.2) is 17.5 Å². The van der Waals surface area contributed by atoms with Gasteiger partial charge in [-0.05, 0) is 12.5 Å². The van der Waals surface area contributed by atoms with Crippen molar-refractivity contribution in [1.29, 1.82) is 0 Å². The van der Waals surface area contributed by atoms with Gasteiger partial charge in [0.1, 0.15) is 0 Å². The maximum Gasteiger partial charge on any atom is 0.586 e. The first kappa shape index (κ1) is 15.9. The van der Waals surface area contributed by atoms with Gasteiger partial charge in [-0.15, -0.1) is 21.2 Å². The van der Waals surface area contributed by atoms with E-state index in [2.05, 4.69) is 9.47 Å². The van der Waals surface area contributed by atoms with Gasteiger partial charge in [0, 0.05) is 5.56 Å². The lowest BCUT2D eigenvalue weighted by Crippen LogP contribution is -2.28. The van der Waals surface area contributed by atoms with Gasteiger partial charge in [-0.3, -0.25) is 0 Å². The number of rotatable bonds is 4. The van der Waals surface area contributed by atoms with Crippen LogP contribution in [0, 0.1) is 0 Å². The maximum atomic E-state index is 13.0. The molecular formula is C12H16ClF2NO3. The minimum atomic E-state index is -3.67. The molecule has 1 aromatic rings. The zero-order valence-electron chi connectivity index (χ0n) is 10.3. The van der Waals surface area contributed by atoms with Crippen molar-refractivity contribution in [2.45, 2.75) is 38.2 Å². The number of aliphatic hydroxyl groups excluding tert-OH is 1. The smallest absolute Gasteiger partial charge is 0.395 e. The largest absolute Gasteiger partial charge is 0.586 e. The predicted octanol–water partition coefficient (Wildman–Crippen LogP) is 2.59. The van der Waals surface area contributed by atoms with Crippen LogP contribution in [0.3, 0.4) is 0 Å². The number of para-hydroxylation sites is 1. The summed E-state index contributed by atoms with van der Waals surface area (Å²) < 4.78 is 34.7. The van der Waals surface area contributed by atoms with Crippen molar-refractivity contribution in [3.8, 4) is 11.5 Å². The predicted molar refractivity (Wildman–Crippen MR) is 67.7 cm³/mol. The summed E-state index contributed by atoms with van der Waals surface area (Å²) in [5.41, 5.74) is 6.18. The summed E-state index contributed by atoms with van der Waals surface area (Å²) >= 11 is 0. The van der Waals surface area contributed by atoms with Crippen molar-refractivity contribution >= 4 is 12.4 Å². The number of fused-ring (bicyclic) bond motifs is 1. The quantitative estimate of drug-likeness (QED) is 0.896. The van der Waals surface area contributed by atoms with Gasteiger partial charge in [0.25, 0.3) is 0 Å². The van der Waals surface area contributed by atoms with Crippen molar-refractivity contribution in [1.82, 2.24) is 0 Å². The second kappa shape index (κ2) is 5.90. The number of benzene rings is 1. The molecule has 0 bridgehead atoms. The first-order valence-electron chi connectivity index (χ1n) is 5.77. The molecule has 0 fully saturated rings. The van der Waals surface area contributed by atoms with Gasteiger partial charge in [0.2, 0.25) is 0 Å². The zero-order chi connectivity index (χ0) is 13.3. The van der Waals surface area contributed by atoms with Gasteiger partial charge in [0.05, 0.1) is 12.1 Å². The highest BCUT2D eigenvalue weighted by atomic mass is 35.5. The Morgan fingerprint density at radius 2 is 2.05 bits per heavy atom. The Kier molecular flexibility index (Phi) is 4.95. The molecule has 2 atom stereocenters. The molecule has 0 unspecified atom stereocenters. The molecule has 0 saturated carbocycles. The van der Waals surface area contributed by atoms with Crippen LogP contribution in [0.5, 0.6) is 11.5 Å². The average Bonchev–Trinajstić information content (AvgIpc) is 2.61. The third kappa shape index (κ3) is 3.26. The fraction of sp³-hybridized carbons (Fsp3) is 0.500. The number of alkyl halides is 2. The second-order valence-corrected chi connectivity index (χ2v) is 4.22. The summed E-state index contributed by atoms with van der Waals surface area (Å²) in [6, 6.07) is 3.68. The Morgan fingerprint density at radius 1 is 1.37 bits per heavy atom. The first-order valence-corrected chi connectivity index (χ1v) is 5.77. The Morgan fingerprint density at radius 3 is 2.68 bits per heavy atom. The van der Waals surface area contributed by atoms with E-state index in [1.807, 2.05) is 6.92 Å². The summed E-state index contributed by atoms with van der Waals surface area (Å²) in [7, 11) is 0. The summed E-state index contributed by atoms with van der Waals surface area (Å²) in [5, 5.41) is 9.82. The molecule has 0 saturated heterocycles. The lowest BCUT2D eigenvalue weighted by molar-refractivity contribution is -0.287. The van der Waals surface area contributed by atoms with Crippen LogP contribution in [0.1, 0.15) is 31.4 Å². The van der Waals surface area contributed by atoms with E-state index in [4.69, 9.17) is 5.73 Å². The fourth-order valence-electron chi connectivity index (χ4n) is 1.94. The van der Waals surface area contributed by atoms with E-state index in [1.165, 1.54) is 12.1 Å². The van der Waals surface area contributed by atoms with Crippen molar-refractivity contribution in [3.63, 3.8) is 0 Å². The number of hydrogen-bond acceptors (Lipinski definition) is 4. The molecule has 0 aliphatic carbocycles. The van der Waals surface area contributed by atoms with Crippen LogP contribution in [0.15, 0.2) is 18.2 Å². The average molecular weight is 296 g/mol. The van der Waals surface area contributed by atoms with Gasteiger partial charge < -0.3 is 20.3 Å². The number of ether oxygens (including phenoxy) is 2. The number of nitrogens with two attached hydrogens (primary N) is 1. The van der Waals surface area contributed by atoms with Crippen molar-refractivity contribution in [2.24, 2.45) is 5.73 Å². The summed E-state index contributed by atoms with van der Waals surface area (Å²) in [6.07, 6.45) is -3.24. The van der Waals surface area contributed by atoms with Gasteiger partial charge >= 0.3 is 6.29 Å². The topological polar surface area (TPSA) is 64.7 Å². The van der Waals surface area contributed by atoms with Crippen LogP contribution in [-0.2, 0) is 0 Å². The highest BCUT2D eigenvalue weighted by Crippen LogP contribution is 2.45. The summed E-state index contributed by atoms with van der Waals surface area (Å²) in [6.45, 7) is 1.90. The molecule has 0 radical (unpaired) electrons. The molecule has 19 heavy (non-hydrogen) atoms. The molecule has 0 aromatic heterocycles. The Bertz CT molecular complexity index is 445. The Balaban J connectivity index is 0.00000180. The van der Waals surface area contributed by atoms with Crippen molar-refractivity contribution in [2.75, 3.05) is 0 Å². The van der Waals surface area contributed by atoms with Crippen LogP contribution >= 0.6 is 12.4 Å². The zero-order valence-corrected chi connectivity index (χ0v) is 11.1. The number of aliphatic hydroxyl groups is 1. The SMILES string of the molecule is CCC[C@H](O)[C@H](N)c1cccc2c1OC(F)(F)O2.Cl. The van der Waals surface area contributed by atoms with E-state index in [0.29, 0.717) is 12.0 Å². The molecule has 1 aliphatic heterocycles. The molecule has 1 aromatic carbocycles. The van der Waals surface area contributed by atoms with Gasteiger partial charge in [-0.1, -0.05) is 25.5 Å². The van der Waals surface area contributed by atoms with Crippen LogP contribution in [0.4, 0.5) is 8.78 Å². The normalized spacial score (nSPS) is 18.6. The van der Waals surface area contributed by atoms with Crippen molar-refractivity contribution in [3.05, 3.63) is 23.8 Å². The van der Waals surface area contributed by atoms with E-state index < -0.39 is 18.4 Å². The van der Waals surface area contributed by atoms with Crippen molar-refractivity contribution < 1.29 is 23.4 Å². The molecule has 7 heteroatoms. The van der Waals surface area contributed by atoms with E-state index in [9.17, 15) is 13.9 Å². The van der Waals surface area contributed by atoms with E-state index >= 15 is 0 Å². The van der Waals surface area contributed by atoms with E-state index in [1.54, 1.807) is 6.07 Å². The Labute approximate surface area is 115 Å². The van der Waals surface area contributed by atoms with Gasteiger partial charge in [-0.2, -0.15) is 0 Å². The second-order valence-electron chi connectivity index (χ2n) is 4.22. The van der Waals surface area contributed by atoms with Crippen LogP contribution in [0.25, 0.3) is 0 Å². The first-order chi connectivity index (χ1) is 8.44. The molecule has 0 amide bonds. The molecule has 1 heterocycles. The van der Waals surface area contributed by atoms with Gasteiger partial charge in [-0.25, -0.2) is 0 Å². The standard InChI is InChI=1S/C12H15F2NO3.ClH/c1-2-4-8(16)10(15)7-5-3-6-9-11(7)18-12(13,14)17-9;/h3,5-6,8,10,16H,2,4,15H2,1H3;1H/t8-,10+;/m0./s1. The highest BCUT2D eigenvalue weighted by Gasteiger charge is 2.45. The van der Waals surface area contributed by atoms with E-state index in [0.717, 1.165) is 6.42 Å². The fourth-order valence-corrected chi connectivity index (χ4v) is 1.94. The summed E-state index contributed by atoms with van der Waals surface area (Å²) in [5.74, 6) is -0.151.